The Bertz CT molecular complexity index is 1870. The van der Waals surface area contributed by atoms with Gasteiger partial charge in [0.1, 0.15) is 23.0 Å². The van der Waals surface area contributed by atoms with Crippen LogP contribution in [0.3, 0.4) is 0 Å². The quantitative estimate of drug-likeness (QED) is 0.101. The summed E-state index contributed by atoms with van der Waals surface area (Å²) in [4.78, 5) is 38.0. The van der Waals surface area contributed by atoms with E-state index in [1.165, 1.54) is 42.5 Å². The van der Waals surface area contributed by atoms with Gasteiger partial charge >= 0.3 is 0 Å². The number of benzene rings is 4. The van der Waals surface area contributed by atoms with Crippen molar-refractivity contribution in [1.82, 2.24) is 0 Å². The predicted octanol–water partition coefficient (Wildman–Crippen LogP) is 8.85. The van der Waals surface area contributed by atoms with E-state index < -0.39 is 22.2 Å². The van der Waals surface area contributed by atoms with E-state index in [2.05, 4.69) is 0 Å². The van der Waals surface area contributed by atoms with Gasteiger partial charge < -0.3 is 4.42 Å². The second kappa shape index (κ2) is 10.4. The highest BCUT2D eigenvalue weighted by Crippen LogP contribution is 2.51. The zero-order valence-corrected chi connectivity index (χ0v) is 22.7. The summed E-state index contributed by atoms with van der Waals surface area (Å²) in [6.07, 6.45) is 2.08. The summed E-state index contributed by atoms with van der Waals surface area (Å²) in [5.41, 5.74) is 1.05. The molecule has 0 aliphatic heterocycles. The minimum Gasteiger partial charge on any atom is -0.455 e. The van der Waals surface area contributed by atoms with Crippen molar-refractivity contribution >= 4 is 28.2 Å². The number of hydrogen-bond acceptors (Lipinski definition) is 5. The first-order chi connectivity index (χ1) is 20.2. The zero-order valence-electron chi connectivity index (χ0n) is 22.7. The first-order valence-corrected chi connectivity index (χ1v) is 13.6. The molecule has 1 heterocycles. The molecule has 6 rings (SSSR count). The summed E-state index contributed by atoms with van der Waals surface area (Å²) in [5.74, 6) is -1.57. The second-order valence-electron chi connectivity index (χ2n) is 10.7. The lowest BCUT2D eigenvalue weighted by Gasteiger charge is -2.15. The Balaban J connectivity index is 1.47. The predicted molar refractivity (Wildman–Crippen MR) is 155 cm³/mol. The van der Waals surface area contributed by atoms with Gasteiger partial charge in [-0.15, -0.1) is 0 Å². The molecule has 6 nitrogen and oxygen atoms in total. The Morgan fingerprint density at radius 1 is 0.905 bits per heavy atom. The third kappa shape index (κ3) is 4.79. The van der Waals surface area contributed by atoms with Crippen molar-refractivity contribution in [3.8, 4) is 22.5 Å². The number of fused-ring (bicyclic) bond motifs is 1. The molecule has 0 amide bonds. The lowest BCUT2D eigenvalue weighted by atomic mass is 9.88. The molecule has 42 heavy (non-hydrogen) atoms. The number of carbonyl (C=O) groups excluding carboxylic acids is 2. The first-order valence-electron chi connectivity index (χ1n) is 13.6. The van der Waals surface area contributed by atoms with E-state index in [1.54, 1.807) is 6.92 Å². The topological polar surface area (TPSA) is 90.4 Å². The molecule has 1 aliphatic carbocycles. The fourth-order valence-electron chi connectivity index (χ4n) is 5.58. The fourth-order valence-corrected chi connectivity index (χ4v) is 5.58. The Labute approximate surface area is 239 Å². The van der Waals surface area contributed by atoms with Crippen molar-refractivity contribution in [1.29, 1.82) is 0 Å². The maximum atomic E-state index is 15.4. The second-order valence-corrected chi connectivity index (χ2v) is 10.7. The highest BCUT2D eigenvalue weighted by molar-refractivity contribution is 6.13. The molecule has 1 aromatic heterocycles. The number of nitrogens with zero attached hydrogens (tertiary/aromatic N) is 1. The summed E-state index contributed by atoms with van der Waals surface area (Å²) in [6.45, 7) is 1.67. The van der Waals surface area contributed by atoms with Crippen molar-refractivity contribution < 1.29 is 27.7 Å². The molecule has 0 radical (unpaired) electrons. The van der Waals surface area contributed by atoms with Gasteiger partial charge in [0.15, 0.2) is 11.6 Å². The van der Waals surface area contributed by atoms with Crippen molar-refractivity contribution in [3.63, 3.8) is 0 Å². The Kier molecular flexibility index (Phi) is 6.77. The first kappa shape index (κ1) is 27.2. The van der Waals surface area contributed by atoms with Gasteiger partial charge in [-0.2, -0.15) is 0 Å². The smallest absolute Gasteiger partial charge is 0.281 e. The summed E-state index contributed by atoms with van der Waals surface area (Å²) >= 11 is 0. The van der Waals surface area contributed by atoms with Crippen LogP contribution >= 0.6 is 0 Å². The summed E-state index contributed by atoms with van der Waals surface area (Å²) in [7, 11) is 0. The highest BCUT2D eigenvalue weighted by Gasteiger charge is 2.45. The van der Waals surface area contributed by atoms with E-state index in [0.717, 1.165) is 30.5 Å². The largest absolute Gasteiger partial charge is 0.455 e. The number of furan rings is 1. The highest BCUT2D eigenvalue weighted by atomic mass is 19.1. The Morgan fingerprint density at radius 2 is 1.62 bits per heavy atom. The van der Waals surface area contributed by atoms with Crippen LogP contribution in [0, 0.1) is 21.7 Å². The van der Waals surface area contributed by atoms with Gasteiger partial charge in [0, 0.05) is 40.3 Å². The number of halogens is 2. The maximum absolute atomic E-state index is 15.4. The lowest BCUT2D eigenvalue weighted by molar-refractivity contribution is -0.384. The molecule has 0 atom stereocenters. The molecule has 0 spiro atoms. The number of ketones is 2. The minimum absolute atomic E-state index is 0.0627. The molecule has 0 unspecified atom stereocenters. The lowest BCUT2D eigenvalue weighted by Crippen LogP contribution is -2.14. The van der Waals surface area contributed by atoms with Crippen LogP contribution in [0.25, 0.3) is 33.4 Å². The minimum atomic E-state index is -0.746. The maximum Gasteiger partial charge on any atom is 0.281 e. The van der Waals surface area contributed by atoms with Crippen LogP contribution in [-0.4, -0.2) is 16.5 Å². The number of nitro groups is 1. The van der Waals surface area contributed by atoms with E-state index in [1.807, 2.05) is 30.3 Å². The molecule has 8 heteroatoms. The molecule has 4 aromatic carbocycles. The Hall–Kier alpha value is -4.98. The van der Waals surface area contributed by atoms with Crippen molar-refractivity contribution in [2.24, 2.45) is 0 Å². The third-order valence-corrected chi connectivity index (χ3v) is 8.03. The van der Waals surface area contributed by atoms with Crippen molar-refractivity contribution in [2.75, 3.05) is 0 Å². The molecule has 0 saturated heterocycles. The number of nitro benzene ring substituents is 1. The third-order valence-electron chi connectivity index (χ3n) is 8.03. The molecule has 1 saturated carbocycles. The molecule has 210 valence electrons. The number of Topliss-reactive ketones (excluding diaryl/α,β-unsaturated/α-hetero) is 2. The van der Waals surface area contributed by atoms with Gasteiger partial charge in [-0.3, -0.25) is 19.7 Å². The van der Waals surface area contributed by atoms with E-state index >= 15 is 4.39 Å². The molecular weight excluding hydrogens is 540 g/mol. The monoisotopic (exact) mass is 565 g/mol. The van der Waals surface area contributed by atoms with E-state index in [4.69, 9.17) is 4.42 Å². The molecular formula is C34H25F2NO5. The average Bonchev–Trinajstić information content (AvgIpc) is 3.68. The number of carbonyl (C=O) groups is 2. The van der Waals surface area contributed by atoms with Gasteiger partial charge in [0.05, 0.1) is 22.1 Å². The normalized spacial score (nSPS) is 13.7. The molecule has 0 bridgehead atoms. The molecule has 0 N–H and O–H groups in total. The van der Waals surface area contributed by atoms with Crippen LogP contribution < -0.4 is 0 Å². The van der Waals surface area contributed by atoms with Gasteiger partial charge in [0.2, 0.25) is 0 Å². The summed E-state index contributed by atoms with van der Waals surface area (Å²) < 4.78 is 34.9. The summed E-state index contributed by atoms with van der Waals surface area (Å²) in [6, 6.07) is 21.5. The van der Waals surface area contributed by atoms with Crippen LogP contribution in [-0.2, 0) is 5.41 Å². The fraction of sp³-hybridized carbons (Fsp3) is 0.176. The van der Waals surface area contributed by atoms with E-state index in [0.29, 0.717) is 5.56 Å². The zero-order chi connectivity index (χ0) is 29.6. The van der Waals surface area contributed by atoms with Gasteiger partial charge in [-0.1, -0.05) is 37.3 Å². The Morgan fingerprint density at radius 3 is 2.26 bits per heavy atom. The average molecular weight is 566 g/mol. The van der Waals surface area contributed by atoms with Gasteiger partial charge in [-0.25, -0.2) is 8.78 Å². The van der Waals surface area contributed by atoms with Gasteiger partial charge in [0.25, 0.3) is 5.69 Å². The number of hydrogen-bond donors (Lipinski definition) is 0. The standard InChI is InChI=1S/C34H25F2NO5/c1-2-29(38)32-26-17-25(28(37(40)41)18-31(26)42-33(32)20-8-11-23(35)12-9-20)24-16-21(10-13-27(24)36)30(39)19-34(14-15-34)22-6-4-3-5-7-22/h3-13,16-18H,2,14-15,19H2,1H3. The number of rotatable bonds is 9. The molecule has 1 fully saturated rings. The van der Waals surface area contributed by atoms with Crippen LogP contribution in [0.5, 0.6) is 0 Å². The van der Waals surface area contributed by atoms with Crippen LogP contribution in [0.2, 0.25) is 0 Å². The molecule has 5 aromatic rings. The van der Waals surface area contributed by atoms with E-state index in [-0.39, 0.29) is 68.8 Å². The van der Waals surface area contributed by atoms with Crippen molar-refractivity contribution in [3.05, 3.63) is 123 Å². The van der Waals surface area contributed by atoms with Crippen LogP contribution in [0.1, 0.15) is 58.9 Å². The SMILES string of the molecule is CCC(=O)c1c(-c2ccc(F)cc2)oc2cc([N+](=O)[O-])c(-c3cc(C(=O)CC4(c5ccccc5)CC4)ccc3F)cc12. The summed E-state index contributed by atoms with van der Waals surface area (Å²) in [5, 5.41) is 12.4. The van der Waals surface area contributed by atoms with Gasteiger partial charge in [-0.05, 0) is 66.9 Å². The van der Waals surface area contributed by atoms with E-state index in [9.17, 15) is 24.1 Å². The molecule has 1 aliphatic rings. The van der Waals surface area contributed by atoms with Crippen LogP contribution in [0.4, 0.5) is 14.5 Å². The van der Waals surface area contributed by atoms with Crippen LogP contribution in [0.15, 0.2) is 89.3 Å². The van der Waals surface area contributed by atoms with Crippen molar-refractivity contribution in [2.45, 2.75) is 38.0 Å².